The molecule has 1 aliphatic heterocycles. The number of rotatable bonds is 6. The smallest absolute Gasteiger partial charge is 0.307 e. The van der Waals surface area contributed by atoms with Gasteiger partial charge in [-0.2, -0.15) is 0 Å². The topological polar surface area (TPSA) is 59.4 Å². The van der Waals surface area contributed by atoms with Crippen molar-refractivity contribution in [2.45, 2.75) is 32.4 Å². The summed E-state index contributed by atoms with van der Waals surface area (Å²) in [6.45, 7) is 4.69. The third-order valence-electron chi connectivity index (χ3n) is 5.84. The molecule has 0 aliphatic carbocycles. The minimum atomic E-state index is -0.257. The van der Waals surface area contributed by atoms with Crippen LogP contribution in [-0.2, 0) is 9.53 Å². The van der Waals surface area contributed by atoms with Gasteiger partial charge in [0.05, 0.1) is 31.3 Å². The van der Waals surface area contributed by atoms with Crippen molar-refractivity contribution < 1.29 is 9.53 Å². The number of methoxy groups -OCH3 is 1. The van der Waals surface area contributed by atoms with Gasteiger partial charge >= 0.3 is 5.97 Å². The van der Waals surface area contributed by atoms with Crippen molar-refractivity contribution in [3.05, 3.63) is 81.8 Å². The number of nitrogens with one attached hydrogen (secondary N) is 1. The van der Waals surface area contributed by atoms with E-state index >= 15 is 0 Å². The fourth-order valence-electron chi connectivity index (χ4n) is 4.40. The van der Waals surface area contributed by atoms with Crippen LogP contribution in [0.5, 0.6) is 0 Å². The average Bonchev–Trinajstić information content (AvgIpc) is 3.27. The predicted molar refractivity (Wildman–Crippen MR) is 132 cm³/mol. The van der Waals surface area contributed by atoms with Crippen molar-refractivity contribution in [2.75, 3.05) is 13.7 Å². The number of thiocarbonyl (C=S) groups is 1. The van der Waals surface area contributed by atoms with Gasteiger partial charge in [-0.05, 0) is 68.0 Å². The van der Waals surface area contributed by atoms with Gasteiger partial charge in [0.15, 0.2) is 5.11 Å². The van der Waals surface area contributed by atoms with Gasteiger partial charge in [0.2, 0.25) is 0 Å². The summed E-state index contributed by atoms with van der Waals surface area (Å²) in [4.78, 5) is 18.6. The van der Waals surface area contributed by atoms with E-state index in [-0.39, 0.29) is 24.5 Å². The van der Waals surface area contributed by atoms with Crippen molar-refractivity contribution in [1.29, 1.82) is 0 Å². The number of ether oxygens (including phenoxy) is 1. The molecule has 0 saturated carbocycles. The molecule has 0 radical (unpaired) electrons. The van der Waals surface area contributed by atoms with Gasteiger partial charge in [-0.3, -0.25) is 9.78 Å². The Hall–Kier alpha value is -2.71. The number of aromatic nitrogens is 2. The minimum Gasteiger partial charge on any atom is -0.469 e. The molecule has 6 nitrogen and oxygen atoms in total. The van der Waals surface area contributed by atoms with Crippen molar-refractivity contribution >= 4 is 39.2 Å². The van der Waals surface area contributed by atoms with Crippen LogP contribution in [0.15, 0.2) is 59.2 Å². The fourth-order valence-corrected chi connectivity index (χ4v) is 5.12. The molecule has 0 bridgehead atoms. The molecule has 3 aromatic rings. The van der Waals surface area contributed by atoms with E-state index < -0.39 is 0 Å². The van der Waals surface area contributed by atoms with Crippen molar-refractivity contribution in [3.63, 3.8) is 0 Å². The quantitative estimate of drug-likeness (QED) is 0.378. The van der Waals surface area contributed by atoms with E-state index in [2.05, 4.69) is 67.7 Å². The molecule has 1 N–H and O–H groups in total. The lowest BCUT2D eigenvalue weighted by molar-refractivity contribution is -0.140. The predicted octanol–water partition coefficient (Wildman–Crippen LogP) is 4.79. The monoisotopic (exact) mass is 512 g/mol. The molecule has 4 rings (SSSR count). The highest BCUT2D eigenvalue weighted by Crippen LogP contribution is 2.41. The van der Waals surface area contributed by atoms with Crippen molar-refractivity contribution in [1.82, 2.24) is 19.8 Å². The van der Waals surface area contributed by atoms with E-state index in [1.165, 1.54) is 7.11 Å². The third-order valence-corrected chi connectivity index (χ3v) is 6.68. The molecule has 1 fully saturated rings. The molecular formula is C24H25BrN4O2S. The minimum absolute atomic E-state index is 0.103. The molecule has 1 aliphatic rings. The maximum atomic E-state index is 11.9. The number of nitrogens with zero attached hydrogens (tertiary/aromatic N) is 3. The first kappa shape index (κ1) is 22.5. The van der Waals surface area contributed by atoms with Crippen LogP contribution in [0, 0.1) is 13.8 Å². The van der Waals surface area contributed by atoms with Gasteiger partial charge in [-0.1, -0.05) is 28.1 Å². The Morgan fingerprint density at radius 3 is 2.72 bits per heavy atom. The molecule has 1 saturated heterocycles. The fraction of sp³-hybridized carbons (Fsp3) is 0.292. The second-order valence-corrected chi connectivity index (χ2v) is 9.09. The zero-order chi connectivity index (χ0) is 22.8. The standard InChI is InChI=1S/C24H25BrN4O2S/c1-15-13-19(16(2)29(15)18-8-6-7-17(25)14-18)23-22(20-9-4-5-11-26-20)27-24(32)28(23)12-10-21(30)31-3/h4-9,11,13-14,22-23H,10,12H2,1-3H3,(H,27,32)/t22-,23+/m0/s1. The molecule has 2 atom stereocenters. The first-order valence-corrected chi connectivity index (χ1v) is 11.6. The summed E-state index contributed by atoms with van der Waals surface area (Å²) in [7, 11) is 1.41. The Kier molecular flexibility index (Phi) is 6.62. The largest absolute Gasteiger partial charge is 0.469 e. The number of hydrogen-bond donors (Lipinski definition) is 1. The van der Waals surface area contributed by atoms with Crippen LogP contribution < -0.4 is 5.32 Å². The molecule has 0 amide bonds. The van der Waals surface area contributed by atoms with Crippen molar-refractivity contribution in [2.24, 2.45) is 0 Å². The highest BCUT2D eigenvalue weighted by molar-refractivity contribution is 9.10. The van der Waals surface area contributed by atoms with Crippen molar-refractivity contribution in [3.8, 4) is 5.69 Å². The zero-order valence-corrected chi connectivity index (χ0v) is 20.6. The third kappa shape index (κ3) is 4.29. The molecule has 32 heavy (non-hydrogen) atoms. The van der Waals surface area contributed by atoms with Gasteiger partial charge < -0.3 is 19.5 Å². The Balaban J connectivity index is 1.80. The number of benzene rings is 1. The number of carbonyl (C=O) groups excluding carboxylic acids is 1. The lowest BCUT2D eigenvalue weighted by Gasteiger charge is -2.28. The number of pyridine rings is 1. The Morgan fingerprint density at radius 2 is 2.03 bits per heavy atom. The Labute approximate surface area is 201 Å². The summed E-state index contributed by atoms with van der Waals surface area (Å²) in [6.07, 6.45) is 2.05. The normalized spacial score (nSPS) is 18.0. The summed E-state index contributed by atoms with van der Waals surface area (Å²) in [5.41, 5.74) is 5.40. The highest BCUT2D eigenvalue weighted by Gasteiger charge is 2.41. The van der Waals surface area contributed by atoms with Gasteiger partial charge in [0.25, 0.3) is 0 Å². The Morgan fingerprint density at radius 1 is 1.22 bits per heavy atom. The summed E-state index contributed by atoms with van der Waals surface area (Å²) in [6, 6.07) is 16.1. The second-order valence-electron chi connectivity index (χ2n) is 7.79. The Bertz CT molecular complexity index is 1150. The van der Waals surface area contributed by atoms with Crippen LogP contribution in [0.1, 0.15) is 41.1 Å². The molecular weight excluding hydrogens is 488 g/mol. The number of carbonyl (C=O) groups is 1. The van der Waals surface area contributed by atoms with E-state index in [4.69, 9.17) is 17.0 Å². The summed E-state index contributed by atoms with van der Waals surface area (Å²) in [5, 5.41) is 4.05. The SMILES string of the molecule is COC(=O)CCN1C(=S)N[C@@H](c2ccccn2)[C@H]1c1cc(C)n(-c2cccc(Br)c2)c1C. The number of halogens is 1. The highest BCUT2D eigenvalue weighted by atomic mass is 79.9. The molecule has 0 unspecified atom stereocenters. The number of hydrogen-bond acceptors (Lipinski definition) is 4. The van der Waals surface area contributed by atoms with Gasteiger partial charge in [0.1, 0.15) is 0 Å². The van der Waals surface area contributed by atoms with E-state index in [1.807, 2.05) is 30.3 Å². The van der Waals surface area contributed by atoms with Crippen LogP contribution in [0.2, 0.25) is 0 Å². The van der Waals surface area contributed by atoms with E-state index in [0.717, 1.165) is 32.8 Å². The van der Waals surface area contributed by atoms with Crippen LogP contribution >= 0.6 is 28.1 Å². The van der Waals surface area contributed by atoms with E-state index in [1.54, 1.807) is 6.20 Å². The molecule has 0 spiro atoms. The molecule has 8 heteroatoms. The first-order chi connectivity index (χ1) is 15.4. The zero-order valence-electron chi connectivity index (χ0n) is 18.2. The summed E-state index contributed by atoms with van der Waals surface area (Å²) < 4.78 is 8.14. The molecule has 166 valence electrons. The molecule has 1 aromatic carbocycles. The second kappa shape index (κ2) is 9.42. The first-order valence-electron chi connectivity index (χ1n) is 10.4. The summed E-state index contributed by atoms with van der Waals surface area (Å²) >= 11 is 9.28. The number of esters is 1. The van der Waals surface area contributed by atoms with Crippen LogP contribution in [0.25, 0.3) is 5.69 Å². The van der Waals surface area contributed by atoms with Crippen LogP contribution in [0.3, 0.4) is 0 Å². The van der Waals surface area contributed by atoms with Gasteiger partial charge in [-0.15, -0.1) is 0 Å². The maximum Gasteiger partial charge on any atom is 0.307 e. The van der Waals surface area contributed by atoms with E-state index in [0.29, 0.717) is 11.7 Å². The lowest BCUT2D eigenvalue weighted by Crippen LogP contribution is -2.32. The summed E-state index contributed by atoms with van der Waals surface area (Å²) in [5.74, 6) is -0.257. The lowest BCUT2D eigenvalue weighted by atomic mass is 9.96. The van der Waals surface area contributed by atoms with Crippen LogP contribution in [0.4, 0.5) is 0 Å². The molecule has 2 aromatic heterocycles. The molecule has 3 heterocycles. The van der Waals surface area contributed by atoms with Crippen LogP contribution in [-0.4, -0.2) is 39.2 Å². The van der Waals surface area contributed by atoms with E-state index in [9.17, 15) is 4.79 Å². The van der Waals surface area contributed by atoms with Gasteiger partial charge in [-0.25, -0.2) is 0 Å². The average molecular weight is 513 g/mol. The van der Waals surface area contributed by atoms with Gasteiger partial charge in [0, 0.05) is 34.3 Å². The number of aryl methyl sites for hydroxylation is 1. The maximum absolute atomic E-state index is 11.9.